The number of fused-ring (bicyclic) bond motifs is 2. The Kier molecular flexibility index (Phi) is 4.54. The molecule has 1 aromatic carbocycles. The molecule has 0 radical (unpaired) electrons. The average Bonchev–Trinajstić information content (AvgIpc) is 3.21. The Balaban J connectivity index is 1.38. The Labute approximate surface area is 169 Å². The summed E-state index contributed by atoms with van der Waals surface area (Å²) in [6.07, 6.45) is 5.18. The van der Waals surface area contributed by atoms with Gasteiger partial charge in [0.15, 0.2) is 5.82 Å². The van der Waals surface area contributed by atoms with Crippen molar-refractivity contribution in [2.24, 2.45) is 0 Å². The molecule has 1 aromatic heterocycles. The van der Waals surface area contributed by atoms with Crippen LogP contribution < -0.4 is 5.32 Å². The van der Waals surface area contributed by atoms with Crippen LogP contribution in [-0.2, 0) is 26.3 Å². The number of carbonyl (C=O) groups excluding carboxylic acids is 2. The van der Waals surface area contributed by atoms with Gasteiger partial charge in [-0.1, -0.05) is 30.3 Å². The largest absolute Gasteiger partial charge is 0.368 e. The number of amides is 2. The number of benzene rings is 1. The van der Waals surface area contributed by atoms with Crippen molar-refractivity contribution in [1.29, 1.82) is 0 Å². The summed E-state index contributed by atoms with van der Waals surface area (Å²) >= 11 is 0. The predicted molar refractivity (Wildman–Crippen MR) is 106 cm³/mol. The Morgan fingerprint density at radius 2 is 1.97 bits per heavy atom. The molecule has 2 fully saturated rings. The van der Waals surface area contributed by atoms with Crippen LogP contribution in [0.4, 0.5) is 0 Å². The first-order valence-corrected chi connectivity index (χ1v) is 10.3. The van der Waals surface area contributed by atoms with Gasteiger partial charge < -0.3 is 15.0 Å². The molecule has 3 aliphatic rings. The van der Waals surface area contributed by atoms with Crippen LogP contribution in [0.5, 0.6) is 0 Å². The molecule has 150 valence electrons. The second kappa shape index (κ2) is 7.22. The van der Waals surface area contributed by atoms with Gasteiger partial charge in [-0.15, -0.1) is 0 Å². The second-order valence-corrected chi connectivity index (χ2v) is 8.01. The minimum atomic E-state index is -0.463. The molecule has 1 spiro atoms. The SMILES string of the molecule is O=C1CC[C@H](C(=O)N2CCC3(CC2)OCCc2cnc(-c4ccccc4)nc23)N1. The van der Waals surface area contributed by atoms with E-state index in [1.54, 1.807) is 0 Å². The highest BCUT2D eigenvalue weighted by Gasteiger charge is 2.44. The lowest BCUT2D eigenvalue weighted by Gasteiger charge is -2.44. The summed E-state index contributed by atoms with van der Waals surface area (Å²) in [6.45, 7) is 1.86. The molecule has 2 saturated heterocycles. The molecule has 7 nitrogen and oxygen atoms in total. The molecule has 3 aliphatic heterocycles. The van der Waals surface area contributed by atoms with Crippen LogP contribution in [0, 0.1) is 0 Å². The quantitative estimate of drug-likeness (QED) is 0.843. The lowest BCUT2D eigenvalue weighted by atomic mass is 9.83. The van der Waals surface area contributed by atoms with E-state index in [4.69, 9.17) is 9.72 Å². The number of carbonyl (C=O) groups is 2. The molecular formula is C22H24N4O3. The Hall–Kier alpha value is -2.80. The number of hydrogen-bond donors (Lipinski definition) is 1. The number of piperidine rings is 1. The molecule has 5 rings (SSSR count). The third-order valence-corrected chi connectivity index (χ3v) is 6.25. The smallest absolute Gasteiger partial charge is 0.245 e. The maximum atomic E-state index is 12.7. The summed E-state index contributed by atoms with van der Waals surface area (Å²) in [5, 5.41) is 2.78. The molecule has 0 saturated carbocycles. The summed E-state index contributed by atoms with van der Waals surface area (Å²) in [6, 6.07) is 9.59. The van der Waals surface area contributed by atoms with Crippen LogP contribution in [0.25, 0.3) is 11.4 Å². The van der Waals surface area contributed by atoms with E-state index in [-0.39, 0.29) is 17.9 Å². The minimum Gasteiger partial charge on any atom is -0.368 e. The summed E-state index contributed by atoms with van der Waals surface area (Å²) in [7, 11) is 0. The van der Waals surface area contributed by atoms with Gasteiger partial charge in [-0.3, -0.25) is 9.59 Å². The van der Waals surface area contributed by atoms with E-state index >= 15 is 0 Å². The average molecular weight is 392 g/mol. The molecular weight excluding hydrogens is 368 g/mol. The van der Waals surface area contributed by atoms with E-state index in [0.29, 0.717) is 51.2 Å². The van der Waals surface area contributed by atoms with Gasteiger partial charge in [-0.25, -0.2) is 9.97 Å². The minimum absolute atomic E-state index is 0.0226. The summed E-state index contributed by atoms with van der Waals surface area (Å²) in [5.41, 5.74) is 2.63. The molecule has 7 heteroatoms. The number of likely N-dealkylation sites (tertiary alicyclic amines) is 1. The number of rotatable bonds is 2. The van der Waals surface area contributed by atoms with E-state index in [2.05, 4.69) is 10.3 Å². The van der Waals surface area contributed by atoms with E-state index in [1.165, 1.54) is 0 Å². The van der Waals surface area contributed by atoms with E-state index in [1.807, 2.05) is 41.4 Å². The van der Waals surface area contributed by atoms with Crippen LogP contribution in [0.15, 0.2) is 36.5 Å². The molecule has 1 atom stereocenters. The molecule has 0 unspecified atom stereocenters. The van der Waals surface area contributed by atoms with Crippen LogP contribution in [-0.4, -0.2) is 52.4 Å². The van der Waals surface area contributed by atoms with Crippen molar-refractivity contribution in [2.45, 2.75) is 43.7 Å². The van der Waals surface area contributed by atoms with Crippen molar-refractivity contribution < 1.29 is 14.3 Å². The zero-order chi connectivity index (χ0) is 19.8. The third kappa shape index (κ3) is 3.29. The van der Waals surface area contributed by atoms with Gasteiger partial charge in [0, 0.05) is 31.3 Å². The van der Waals surface area contributed by atoms with Crippen molar-refractivity contribution >= 4 is 11.8 Å². The van der Waals surface area contributed by atoms with Gasteiger partial charge >= 0.3 is 0 Å². The monoisotopic (exact) mass is 392 g/mol. The molecule has 1 N–H and O–H groups in total. The number of ether oxygens (including phenoxy) is 1. The van der Waals surface area contributed by atoms with Gasteiger partial charge in [-0.2, -0.15) is 0 Å². The van der Waals surface area contributed by atoms with Crippen molar-refractivity contribution in [3.8, 4) is 11.4 Å². The maximum absolute atomic E-state index is 12.7. The van der Waals surface area contributed by atoms with Gasteiger partial charge in [-0.05, 0) is 31.2 Å². The first kappa shape index (κ1) is 18.2. The van der Waals surface area contributed by atoms with Crippen molar-refractivity contribution in [1.82, 2.24) is 20.2 Å². The number of nitrogens with zero attached hydrogens (tertiary/aromatic N) is 3. The van der Waals surface area contributed by atoms with Gasteiger partial charge in [0.1, 0.15) is 11.6 Å². The van der Waals surface area contributed by atoms with Crippen LogP contribution >= 0.6 is 0 Å². The van der Waals surface area contributed by atoms with E-state index in [0.717, 1.165) is 23.2 Å². The summed E-state index contributed by atoms with van der Waals surface area (Å²) < 4.78 is 6.30. The molecule has 4 heterocycles. The Morgan fingerprint density at radius 3 is 2.69 bits per heavy atom. The zero-order valence-electron chi connectivity index (χ0n) is 16.3. The van der Waals surface area contributed by atoms with Crippen LogP contribution in [0.3, 0.4) is 0 Å². The van der Waals surface area contributed by atoms with Gasteiger partial charge in [0.2, 0.25) is 11.8 Å². The lowest BCUT2D eigenvalue weighted by molar-refractivity contribution is -0.143. The topological polar surface area (TPSA) is 84.4 Å². The maximum Gasteiger partial charge on any atom is 0.245 e. The lowest BCUT2D eigenvalue weighted by Crippen LogP contribution is -2.52. The van der Waals surface area contributed by atoms with Gasteiger partial charge in [0.05, 0.1) is 12.3 Å². The summed E-state index contributed by atoms with van der Waals surface area (Å²) in [5.74, 6) is 0.697. The second-order valence-electron chi connectivity index (χ2n) is 8.01. The van der Waals surface area contributed by atoms with Crippen molar-refractivity contribution in [3.05, 3.63) is 47.8 Å². The first-order valence-electron chi connectivity index (χ1n) is 10.3. The fourth-order valence-corrected chi connectivity index (χ4v) is 4.62. The highest BCUT2D eigenvalue weighted by atomic mass is 16.5. The molecule has 0 bridgehead atoms. The molecule has 2 aromatic rings. The third-order valence-electron chi connectivity index (χ3n) is 6.25. The Bertz CT molecular complexity index is 938. The van der Waals surface area contributed by atoms with Crippen LogP contribution in [0.1, 0.15) is 36.9 Å². The molecule has 2 amide bonds. The van der Waals surface area contributed by atoms with E-state index < -0.39 is 5.60 Å². The number of hydrogen-bond acceptors (Lipinski definition) is 5. The fraction of sp³-hybridized carbons (Fsp3) is 0.455. The fourth-order valence-electron chi connectivity index (χ4n) is 4.62. The highest BCUT2D eigenvalue weighted by Crippen LogP contribution is 2.41. The molecule has 29 heavy (non-hydrogen) atoms. The first-order chi connectivity index (χ1) is 14.1. The van der Waals surface area contributed by atoms with Gasteiger partial charge in [0.25, 0.3) is 0 Å². The zero-order valence-corrected chi connectivity index (χ0v) is 16.3. The predicted octanol–water partition coefficient (Wildman–Crippen LogP) is 1.81. The Morgan fingerprint density at radius 1 is 1.17 bits per heavy atom. The van der Waals surface area contributed by atoms with Crippen molar-refractivity contribution in [2.75, 3.05) is 19.7 Å². The van der Waals surface area contributed by atoms with Crippen molar-refractivity contribution in [3.63, 3.8) is 0 Å². The number of aromatic nitrogens is 2. The highest BCUT2D eigenvalue weighted by molar-refractivity contribution is 5.90. The number of nitrogens with one attached hydrogen (secondary N) is 1. The summed E-state index contributed by atoms with van der Waals surface area (Å²) in [4.78, 5) is 35.6. The molecule has 0 aliphatic carbocycles. The van der Waals surface area contributed by atoms with E-state index in [9.17, 15) is 9.59 Å². The normalized spacial score (nSPS) is 23.0. The van der Waals surface area contributed by atoms with Crippen LogP contribution in [0.2, 0.25) is 0 Å². The standard InChI is InChI=1S/C22H24N4O3/c27-18-7-6-17(24-18)21(28)26-11-9-22(10-12-26)19-16(8-13-29-22)14-23-20(25-19)15-4-2-1-3-5-15/h1-5,14,17H,6-13H2,(H,24,27)/t17-/m1/s1.